The second kappa shape index (κ2) is 5.79. The van der Waals surface area contributed by atoms with E-state index in [1.807, 2.05) is 26.8 Å². The van der Waals surface area contributed by atoms with Crippen molar-refractivity contribution in [1.82, 2.24) is 9.97 Å². The lowest BCUT2D eigenvalue weighted by molar-refractivity contribution is 0.556. The molecule has 0 aliphatic rings. The zero-order chi connectivity index (χ0) is 14.8. The fourth-order valence-electron chi connectivity index (χ4n) is 1.67. The zero-order valence-electron chi connectivity index (χ0n) is 11.7. The fraction of sp³-hybridized carbons (Fsp3) is 0.333. The molecule has 0 fully saturated rings. The number of benzene rings is 1. The molecule has 0 atom stereocenters. The third kappa shape index (κ3) is 3.93. The van der Waals surface area contributed by atoms with Crippen molar-refractivity contribution < 1.29 is 4.39 Å². The first kappa shape index (κ1) is 14.8. The van der Waals surface area contributed by atoms with Gasteiger partial charge in [0.25, 0.3) is 5.56 Å². The van der Waals surface area contributed by atoms with E-state index >= 15 is 0 Å². The van der Waals surface area contributed by atoms with Gasteiger partial charge >= 0.3 is 0 Å². The summed E-state index contributed by atoms with van der Waals surface area (Å²) in [6, 6.07) is 7.94. The molecule has 0 aliphatic carbocycles. The maximum atomic E-state index is 13.1. The first-order valence-corrected chi connectivity index (χ1v) is 7.32. The monoisotopic (exact) mass is 292 g/mol. The Kier molecular flexibility index (Phi) is 4.28. The van der Waals surface area contributed by atoms with Crippen molar-refractivity contribution >= 4 is 11.8 Å². The molecule has 3 nitrogen and oxygen atoms in total. The molecule has 1 heterocycles. The quantitative estimate of drug-likeness (QED) is 0.695. The van der Waals surface area contributed by atoms with E-state index < -0.39 is 0 Å². The minimum atomic E-state index is -0.256. The van der Waals surface area contributed by atoms with Crippen molar-refractivity contribution in [3.63, 3.8) is 0 Å². The molecule has 5 heteroatoms. The van der Waals surface area contributed by atoms with Crippen molar-refractivity contribution in [3.8, 4) is 0 Å². The van der Waals surface area contributed by atoms with Crippen LogP contribution in [0.4, 0.5) is 4.39 Å². The number of thioether (sulfide) groups is 1. The number of aromatic nitrogens is 2. The highest BCUT2D eigenvalue weighted by atomic mass is 32.2. The SMILES string of the molecule is CC(C)(C)c1cc(=O)[nH]c(SCc2cccc(F)c2)n1. The summed E-state index contributed by atoms with van der Waals surface area (Å²) in [4.78, 5) is 18.8. The van der Waals surface area contributed by atoms with E-state index in [9.17, 15) is 9.18 Å². The van der Waals surface area contributed by atoms with Gasteiger partial charge in [0.1, 0.15) is 5.82 Å². The van der Waals surface area contributed by atoms with Crippen molar-refractivity contribution in [1.29, 1.82) is 0 Å². The number of nitrogens with one attached hydrogen (secondary N) is 1. The second-order valence-electron chi connectivity index (χ2n) is 5.60. The van der Waals surface area contributed by atoms with E-state index in [0.717, 1.165) is 11.3 Å². The summed E-state index contributed by atoms with van der Waals surface area (Å²) in [5.41, 5.74) is 1.27. The predicted molar refractivity (Wildman–Crippen MR) is 79.5 cm³/mol. The van der Waals surface area contributed by atoms with E-state index in [-0.39, 0.29) is 16.8 Å². The number of H-pyrrole nitrogens is 1. The summed E-state index contributed by atoms with van der Waals surface area (Å²) >= 11 is 1.39. The van der Waals surface area contributed by atoms with Crippen LogP contribution in [0.15, 0.2) is 40.3 Å². The van der Waals surface area contributed by atoms with Gasteiger partial charge in [-0.05, 0) is 17.7 Å². The first-order chi connectivity index (χ1) is 9.34. The molecule has 0 bridgehead atoms. The van der Waals surface area contributed by atoms with Crippen molar-refractivity contribution in [2.24, 2.45) is 0 Å². The molecule has 2 rings (SSSR count). The highest BCUT2D eigenvalue weighted by Gasteiger charge is 2.17. The van der Waals surface area contributed by atoms with Crippen LogP contribution in [-0.2, 0) is 11.2 Å². The van der Waals surface area contributed by atoms with Gasteiger partial charge in [0, 0.05) is 17.2 Å². The number of halogens is 1. The van der Waals surface area contributed by atoms with Crippen LogP contribution in [0.1, 0.15) is 32.0 Å². The van der Waals surface area contributed by atoms with E-state index in [1.165, 1.54) is 30.0 Å². The Labute approximate surface area is 121 Å². The summed E-state index contributed by atoms with van der Waals surface area (Å²) in [6.45, 7) is 6.03. The lowest BCUT2D eigenvalue weighted by Crippen LogP contribution is -2.19. The molecule has 0 amide bonds. The molecule has 1 aromatic heterocycles. The summed E-state index contributed by atoms with van der Waals surface area (Å²) in [6.07, 6.45) is 0. The topological polar surface area (TPSA) is 45.8 Å². The van der Waals surface area contributed by atoms with E-state index in [2.05, 4.69) is 9.97 Å². The number of hydrogen-bond donors (Lipinski definition) is 1. The molecule has 0 saturated carbocycles. The third-order valence-corrected chi connectivity index (χ3v) is 3.70. The minimum Gasteiger partial charge on any atom is -0.301 e. The molecule has 0 aliphatic heterocycles. The van der Waals surface area contributed by atoms with Crippen LogP contribution in [-0.4, -0.2) is 9.97 Å². The number of nitrogens with zero attached hydrogens (tertiary/aromatic N) is 1. The Hall–Kier alpha value is -1.62. The maximum Gasteiger partial charge on any atom is 0.251 e. The van der Waals surface area contributed by atoms with Gasteiger partial charge in [-0.3, -0.25) is 4.79 Å². The zero-order valence-corrected chi connectivity index (χ0v) is 12.6. The van der Waals surface area contributed by atoms with Crippen LogP contribution < -0.4 is 5.56 Å². The van der Waals surface area contributed by atoms with Gasteiger partial charge in [0.05, 0.1) is 5.69 Å². The molecular formula is C15H17FN2OS. The Morgan fingerprint density at radius 3 is 2.70 bits per heavy atom. The van der Waals surface area contributed by atoms with Crippen LogP contribution in [0, 0.1) is 5.82 Å². The molecule has 0 radical (unpaired) electrons. The van der Waals surface area contributed by atoms with E-state index in [4.69, 9.17) is 0 Å². The molecule has 2 aromatic rings. The minimum absolute atomic E-state index is 0.160. The number of hydrogen-bond acceptors (Lipinski definition) is 3. The lowest BCUT2D eigenvalue weighted by Gasteiger charge is -2.17. The van der Waals surface area contributed by atoms with Gasteiger partial charge in [0.2, 0.25) is 0 Å². The van der Waals surface area contributed by atoms with Gasteiger partial charge in [-0.15, -0.1) is 0 Å². The van der Waals surface area contributed by atoms with Crippen LogP contribution in [0.2, 0.25) is 0 Å². The largest absolute Gasteiger partial charge is 0.301 e. The Morgan fingerprint density at radius 1 is 1.30 bits per heavy atom. The molecular weight excluding hydrogens is 275 g/mol. The van der Waals surface area contributed by atoms with Gasteiger partial charge in [0.15, 0.2) is 5.16 Å². The highest BCUT2D eigenvalue weighted by Crippen LogP contribution is 2.23. The maximum absolute atomic E-state index is 13.1. The van der Waals surface area contributed by atoms with Crippen LogP contribution in [0.25, 0.3) is 0 Å². The highest BCUT2D eigenvalue weighted by molar-refractivity contribution is 7.98. The van der Waals surface area contributed by atoms with Crippen molar-refractivity contribution in [2.75, 3.05) is 0 Å². The first-order valence-electron chi connectivity index (χ1n) is 6.34. The fourth-order valence-corrected chi connectivity index (χ4v) is 2.48. The summed E-state index contributed by atoms with van der Waals surface area (Å²) in [5, 5.41) is 0.562. The van der Waals surface area contributed by atoms with Crippen molar-refractivity contribution in [3.05, 3.63) is 57.8 Å². The Balaban J connectivity index is 2.18. The third-order valence-electron chi connectivity index (χ3n) is 2.75. The normalized spacial score (nSPS) is 11.6. The van der Waals surface area contributed by atoms with Gasteiger partial charge in [-0.25, -0.2) is 9.37 Å². The molecule has 1 N–H and O–H groups in total. The summed E-state index contributed by atoms with van der Waals surface area (Å²) in [5.74, 6) is 0.307. The van der Waals surface area contributed by atoms with Crippen LogP contribution in [0.3, 0.4) is 0 Å². The Bertz CT molecular complexity index is 661. The number of aromatic amines is 1. The van der Waals surface area contributed by atoms with Crippen molar-refractivity contribution in [2.45, 2.75) is 37.1 Å². The van der Waals surface area contributed by atoms with Crippen LogP contribution in [0.5, 0.6) is 0 Å². The Morgan fingerprint density at radius 2 is 2.05 bits per heavy atom. The molecule has 1 aromatic carbocycles. The van der Waals surface area contributed by atoms with E-state index in [0.29, 0.717) is 10.9 Å². The molecule has 20 heavy (non-hydrogen) atoms. The average molecular weight is 292 g/mol. The molecule has 106 valence electrons. The van der Waals surface area contributed by atoms with E-state index in [1.54, 1.807) is 6.07 Å². The standard InChI is InChI=1S/C15H17FN2OS/c1-15(2,3)12-8-13(19)18-14(17-12)20-9-10-5-4-6-11(16)7-10/h4-8H,9H2,1-3H3,(H,17,18,19). The smallest absolute Gasteiger partial charge is 0.251 e. The molecule has 0 spiro atoms. The van der Waals surface area contributed by atoms with Crippen LogP contribution >= 0.6 is 11.8 Å². The summed E-state index contributed by atoms with van der Waals surface area (Å²) < 4.78 is 13.1. The molecule has 0 unspecified atom stereocenters. The summed E-state index contributed by atoms with van der Waals surface area (Å²) in [7, 11) is 0. The second-order valence-corrected chi connectivity index (χ2v) is 6.57. The predicted octanol–water partition coefficient (Wildman–Crippen LogP) is 3.50. The van der Waals surface area contributed by atoms with Gasteiger partial charge in [-0.1, -0.05) is 44.7 Å². The van der Waals surface area contributed by atoms with Gasteiger partial charge in [-0.2, -0.15) is 0 Å². The van der Waals surface area contributed by atoms with Gasteiger partial charge < -0.3 is 4.98 Å². The molecule has 0 saturated heterocycles. The lowest BCUT2D eigenvalue weighted by atomic mass is 9.92. The number of rotatable bonds is 3. The average Bonchev–Trinajstić information content (AvgIpc) is 2.35.